The van der Waals surface area contributed by atoms with Crippen LogP contribution in [-0.4, -0.2) is 17.7 Å². The number of benzene rings is 2. The Bertz CT molecular complexity index is 879. The molecule has 0 aliphatic heterocycles. The molecule has 0 atom stereocenters. The van der Waals surface area contributed by atoms with Gasteiger partial charge in [-0.15, -0.1) is 0 Å². The lowest BCUT2D eigenvalue weighted by molar-refractivity contribution is -0.137. The van der Waals surface area contributed by atoms with Crippen LogP contribution in [0.3, 0.4) is 0 Å². The molecule has 0 saturated heterocycles. The zero-order chi connectivity index (χ0) is 19.9. The maximum atomic E-state index is 12.2. The quantitative estimate of drug-likeness (QED) is 0.530. The largest absolute Gasteiger partial charge is 0.449 e. The summed E-state index contributed by atoms with van der Waals surface area (Å²) in [5.74, 6) is 0. The molecule has 5 nitrogen and oxygen atoms in total. The number of hydrogen-bond donors (Lipinski definition) is 3. The van der Waals surface area contributed by atoms with Crippen molar-refractivity contribution in [1.29, 1.82) is 0 Å². The Morgan fingerprint density at radius 3 is 2.44 bits per heavy atom. The Kier molecular flexibility index (Phi) is 7.00. The summed E-state index contributed by atoms with van der Waals surface area (Å²) in [6.07, 6.45) is -3.17. The topological polar surface area (TPSA) is 80.1 Å². The third-order valence-electron chi connectivity index (χ3n) is 3.33. The van der Waals surface area contributed by atoms with Gasteiger partial charge in [-0.1, -0.05) is 18.2 Å². The summed E-state index contributed by atoms with van der Waals surface area (Å²) >= 11 is 0.896. The van der Waals surface area contributed by atoms with E-state index in [-0.39, 0.29) is 6.61 Å². The molecule has 9 heteroatoms. The number of aromatic nitrogens is 1. The number of carbonyl (C=O) groups excluding carboxylic acids is 1. The fourth-order valence-corrected chi connectivity index (χ4v) is 2.60. The van der Waals surface area contributed by atoms with Gasteiger partial charge in [-0.2, -0.15) is 13.2 Å². The summed E-state index contributed by atoms with van der Waals surface area (Å²) in [7, 11) is 0. The normalized spacial score (nSPS) is 10.8. The summed E-state index contributed by atoms with van der Waals surface area (Å²) in [5, 5.41) is 1.10. The highest BCUT2D eigenvalue weighted by atomic mass is 32.2. The van der Waals surface area contributed by atoms with Crippen LogP contribution < -0.4 is 10.5 Å². The van der Waals surface area contributed by atoms with Crippen molar-refractivity contribution >= 4 is 34.6 Å². The van der Waals surface area contributed by atoms with E-state index in [1.165, 1.54) is 12.1 Å². The number of amides is 1. The van der Waals surface area contributed by atoms with Crippen molar-refractivity contribution in [3.8, 4) is 0 Å². The summed E-state index contributed by atoms with van der Waals surface area (Å²) in [6, 6.07) is 12.4. The number of rotatable bonds is 3. The third kappa shape index (κ3) is 6.14. The number of H-pyrrole nitrogens is 1. The number of nitrogens with two attached hydrogens (primary N) is 1. The van der Waals surface area contributed by atoms with E-state index in [9.17, 15) is 18.0 Å². The van der Waals surface area contributed by atoms with Gasteiger partial charge in [0.25, 0.3) is 0 Å². The lowest BCUT2D eigenvalue weighted by atomic mass is 10.2. The molecule has 0 bridgehead atoms. The van der Waals surface area contributed by atoms with Crippen molar-refractivity contribution in [2.24, 2.45) is 0 Å². The number of para-hydroxylation sites is 1. The summed E-state index contributed by atoms with van der Waals surface area (Å²) in [5.41, 5.74) is 6.83. The minimum atomic E-state index is -4.35. The highest BCUT2D eigenvalue weighted by molar-refractivity contribution is 7.98. The number of ether oxygens (including phenoxy) is 1. The number of halogens is 3. The summed E-state index contributed by atoms with van der Waals surface area (Å²) in [4.78, 5) is 14.5. The second-order valence-corrected chi connectivity index (χ2v) is 6.12. The lowest BCUT2D eigenvalue weighted by Crippen LogP contribution is -2.16. The smallest absolute Gasteiger partial charge is 0.417 e. The van der Waals surface area contributed by atoms with E-state index in [2.05, 4.69) is 14.4 Å². The Morgan fingerprint density at radius 2 is 1.85 bits per heavy atom. The van der Waals surface area contributed by atoms with Gasteiger partial charge >= 0.3 is 12.3 Å². The number of aromatic amines is 1. The van der Waals surface area contributed by atoms with Crippen LogP contribution in [0.1, 0.15) is 12.5 Å². The molecular weight excluding hydrogens is 379 g/mol. The molecule has 0 spiro atoms. The SMILES string of the molecule is CCOC(=O)NSc1ccc(C(F)(F)F)cc1.Nc1c[nH]c2ccccc12. The van der Waals surface area contributed by atoms with Crippen LogP contribution >= 0.6 is 11.9 Å². The van der Waals surface area contributed by atoms with Gasteiger partial charge in [0, 0.05) is 22.0 Å². The fourth-order valence-electron chi connectivity index (χ4n) is 2.07. The second-order valence-electron chi connectivity index (χ2n) is 5.24. The molecule has 144 valence electrons. The number of carbonyl (C=O) groups is 1. The van der Waals surface area contributed by atoms with Crippen LogP contribution in [0.25, 0.3) is 10.9 Å². The lowest BCUT2D eigenvalue weighted by Gasteiger charge is -2.07. The maximum Gasteiger partial charge on any atom is 0.417 e. The monoisotopic (exact) mass is 397 g/mol. The van der Waals surface area contributed by atoms with Gasteiger partial charge in [0.1, 0.15) is 0 Å². The predicted octanol–water partition coefficient (Wildman–Crippen LogP) is 5.21. The van der Waals surface area contributed by atoms with E-state index in [0.717, 1.165) is 40.7 Å². The molecule has 2 aromatic carbocycles. The Hall–Kier alpha value is -2.81. The number of hydrogen-bond acceptors (Lipinski definition) is 4. The van der Waals surface area contributed by atoms with Gasteiger partial charge in [0.2, 0.25) is 0 Å². The fraction of sp³-hybridized carbons (Fsp3) is 0.167. The molecule has 3 aromatic rings. The minimum absolute atomic E-state index is 0.236. The van der Waals surface area contributed by atoms with Crippen LogP contribution in [0.4, 0.5) is 23.7 Å². The van der Waals surface area contributed by atoms with Gasteiger partial charge < -0.3 is 15.5 Å². The number of nitrogens with one attached hydrogen (secondary N) is 2. The van der Waals surface area contributed by atoms with Crippen LogP contribution in [0.2, 0.25) is 0 Å². The molecule has 0 fully saturated rings. The molecule has 1 amide bonds. The summed E-state index contributed by atoms with van der Waals surface area (Å²) in [6.45, 7) is 1.89. The minimum Gasteiger partial charge on any atom is -0.449 e. The Balaban J connectivity index is 0.000000219. The molecule has 0 radical (unpaired) electrons. The molecular formula is C18H18F3N3O2S. The molecule has 0 aliphatic carbocycles. The molecule has 4 N–H and O–H groups in total. The van der Waals surface area contributed by atoms with Gasteiger partial charge in [-0.3, -0.25) is 4.72 Å². The van der Waals surface area contributed by atoms with E-state index in [1.807, 2.05) is 30.5 Å². The van der Waals surface area contributed by atoms with Crippen LogP contribution in [-0.2, 0) is 10.9 Å². The molecule has 3 rings (SSSR count). The number of anilines is 1. The van der Waals surface area contributed by atoms with E-state index in [0.29, 0.717) is 4.90 Å². The van der Waals surface area contributed by atoms with Crippen LogP contribution in [0.5, 0.6) is 0 Å². The van der Waals surface area contributed by atoms with Crippen molar-refractivity contribution in [1.82, 2.24) is 9.71 Å². The maximum absolute atomic E-state index is 12.2. The van der Waals surface area contributed by atoms with E-state index in [4.69, 9.17) is 5.73 Å². The highest BCUT2D eigenvalue weighted by Gasteiger charge is 2.29. The zero-order valence-corrected chi connectivity index (χ0v) is 15.2. The van der Waals surface area contributed by atoms with E-state index >= 15 is 0 Å². The predicted molar refractivity (Wildman–Crippen MR) is 100 cm³/mol. The van der Waals surface area contributed by atoms with Gasteiger partial charge in [0.05, 0.1) is 17.9 Å². The van der Waals surface area contributed by atoms with Crippen LogP contribution in [0.15, 0.2) is 59.6 Å². The molecule has 1 heterocycles. The molecule has 27 heavy (non-hydrogen) atoms. The first-order chi connectivity index (χ1) is 12.8. The Morgan fingerprint density at radius 1 is 1.19 bits per heavy atom. The first-order valence-electron chi connectivity index (χ1n) is 7.89. The van der Waals surface area contributed by atoms with Crippen molar-refractivity contribution in [2.75, 3.05) is 12.3 Å². The number of nitrogen functional groups attached to an aromatic ring is 1. The summed E-state index contributed by atoms with van der Waals surface area (Å²) < 4.78 is 43.6. The zero-order valence-electron chi connectivity index (χ0n) is 14.3. The molecule has 0 saturated carbocycles. The first-order valence-corrected chi connectivity index (χ1v) is 8.71. The Labute approximate surface area is 158 Å². The van der Waals surface area contributed by atoms with Crippen molar-refractivity contribution in [3.63, 3.8) is 0 Å². The second kappa shape index (κ2) is 9.22. The van der Waals surface area contributed by atoms with Gasteiger partial charge in [-0.25, -0.2) is 4.79 Å². The van der Waals surface area contributed by atoms with Gasteiger partial charge in [-0.05, 0) is 49.2 Å². The molecule has 0 aliphatic rings. The average Bonchev–Trinajstić information content (AvgIpc) is 3.02. The average molecular weight is 397 g/mol. The number of alkyl halides is 3. The standard InChI is InChI=1S/C10H10F3NO2S.C8H8N2/c1-2-16-9(15)14-17-8-5-3-7(4-6-8)10(11,12)13;9-7-5-10-8-4-2-1-3-6(7)8/h3-6H,2H2,1H3,(H,14,15);1-5,10H,9H2. The number of fused-ring (bicyclic) bond motifs is 1. The van der Waals surface area contributed by atoms with E-state index < -0.39 is 17.8 Å². The van der Waals surface area contributed by atoms with Gasteiger partial charge in [0.15, 0.2) is 0 Å². The van der Waals surface area contributed by atoms with Crippen molar-refractivity contribution in [3.05, 3.63) is 60.3 Å². The van der Waals surface area contributed by atoms with Crippen molar-refractivity contribution in [2.45, 2.75) is 18.0 Å². The van der Waals surface area contributed by atoms with Crippen LogP contribution in [0, 0.1) is 0 Å². The van der Waals surface area contributed by atoms with E-state index in [1.54, 1.807) is 6.92 Å². The third-order valence-corrected chi connectivity index (χ3v) is 4.11. The first kappa shape index (κ1) is 20.5. The highest BCUT2D eigenvalue weighted by Crippen LogP contribution is 2.30. The molecule has 1 aromatic heterocycles. The van der Waals surface area contributed by atoms with Crippen molar-refractivity contribution < 1.29 is 22.7 Å². The molecule has 0 unspecified atom stereocenters.